The van der Waals surface area contributed by atoms with E-state index in [1.807, 2.05) is 13.8 Å². The molecule has 2 aliphatic rings. The molecule has 0 spiro atoms. The third-order valence-corrected chi connectivity index (χ3v) is 6.22. The first-order chi connectivity index (χ1) is 18.0. The molecule has 0 aromatic carbocycles. The van der Waals surface area contributed by atoms with E-state index >= 15 is 0 Å². The predicted octanol–water partition coefficient (Wildman–Crippen LogP) is 4.62. The molecule has 13 heteroatoms. The Morgan fingerprint density at radius 1 is 1.24 bits per heavy atom. The summed E-state index contributed by atoms with van der Waals surface area (Å²) in [5, 5.41) is 11.8. The fourth-order valence-electron chi connectivity index (χ4n) is 4.40. The maximum Gasteiger partial charge on any atom is 0.421 e. The molecule has 0 saturated carbocycles. The molecule has 1 unspecified atom stereocenters. The first-order valence-electron chi connectivity index (χ1n) is 13.1. The van der Waals surface area contributed by atoms with Crippen LogP contribution in [0.25, 0.3) is 0 Å². The van der Waals surface area contributed by atoms with Crippen molar-refractivity contribution in [1.82, 2.24) is 14.9 Å². The summed E-state index contributed by atoms with van der Waals surface area (Å²) in [6.45, 7) is 11.0. The molecule has 2 heterocycles. The molecule has 0 radical (unpaired) electrons. The molecule has 2 rings (SSSR count). The number of nitrogens with two attached hydrogens (primary N) is 2. The number of nitriles is 1. The van der Waals surface area contributed by atoms with Crippen LogP contribution in [0.5, 0.6) is 0 Å². The van der Waals surface area contributed by atoms with E-state index in [2.05, 4.69) is 11.0 Å². The van der Waals surface area contributed by atoms with Crippen molar-refractivity contribution >= 4 is 12.4 Å². The van der Waals surface area contributed by atoms with Gasteiger partial charge in [-0.3, -0.25) is 0 Å². The van der Waals surface area contributed by atoms with Crippen LogP contribution in [-0.2, 0) is 9.47 Å². The Morgan fingerprint density at radius 2 is 1.82 bits per heavy atom. The van der Waals surface area contributed by atoms with Crippen molar-refractivity contribution in [1.29, 1.82) is 5.26 Å². The van der Waals surface area contributed by atoms with Crippen LogP contribution in [-0.4, -0.2) is 67.2 Å². The van der Waals surface area contributed by atoms with Crippen LogP contribution >= 0.6 is 0 Å². The van der Waals surface area contributed by atoms with Gasteiger partial charge in [-0.15, -0.1) is 0 Å². The number of hydrazine groups is 2. The molecular formula is C25H43BF3N7O2. The highest BCUT2D eigenvalue weighted by Gasteiger charge is 2.48. The lowest BCUT2D eigenvalue weighted by molar-refractivity contribution is -0.0952. The van der Waals surface area contributed by atoms with Gasteiger partial charge in [-0.25, -0.2) is 26.9 Å². The van der Waals surface area contributed by atoms with Gasteiger partial charge >= 0.3 is 6.18 Å². The second-order valence-corrected chi connectivity index (χ2v) is 8.96. The van der Waals surface area contributed by atoms with Crippen molar-refractivity contribution in [3.63, 3.8) is 0 Å². The van der Waals surface area contributed by atoms with Crippen molar-refractivity contribution < 1.29 is 22.6 Å². The van der Waals surface area contributed by atoms with Gasteiger partial charge in [-0.2, -0.15) is 13.2 Å². The van der Waals surface area contributed by atoms with E-state index < -0.39 is 17.7 Å². The van der Waals surface area contributed by atoms with Gasteiger partial charge in [0.1, 0.15) is 24.9 Å². The second-order valence-electron chi connectivity index (χ2n) is 8.96. The summed E-state index contributed by atoms with van der Waals surface area (Å²) >= 11 is 0. The van der Waals surface area contributed by atoms with Crippen LogP contribution in [0.3, 0.4) is 0 Å². The minimum atomic E-state index is -4.76. The number of nitrogens with zero attached hydrogens (tertiary/aromatic N) is 5. The lowest BCUT2D eigenvalue weighted by Gasteiger charge is -2.40. The van der Waals surface area contributed by atoms with Gasteiger partial charge in [-0.1, -0.05) is 32.9 Å². The Bertz CT molecular complexity index is 934. The zero-order valence-corrected chi connectivity index (χ0v) is 23.7. The average Bonchev–Trinajstić information content (AvgIpc) is 2.88. The number of halogens is 3. The smallest absolute Gasteiger partial charge is 0.361 e. The maximum atomic E-state index is 14.8. The van der Waals surface area contributed by atoms with E-state index in [0.29, 0.717) is 49.8 Å². The number of aliphatic imine (C=N–C) groups is 1. The van der Waals surface area contributed by atoms with Gasteiger partial charge in [0.2, 0.25) is 0 Å². The van der Waals surface area contributed by atoms with Crippen LogP contribution in [0.2, 0.25) is 12.6 Å². The predicted molar refractivity (Wildman–Crippen MR) is 145 cm³/mol. The van der Waals surface area contributed by atoms with Crippen LogP contribution < -0.4 is 11.7 Å². The molecule has 9 nitrogen and oxygen atoms in total. The lowest BCUT2D eigenvalue weighted by atomic mass is 9.40. The molecule has 0 aromatic heterocycles. The monoisotopic (exact) mass is 541 g/mol. The highest BCUT2D eigenvalue weighted by Crippen LogP contribution is 2.42. The standard InChI is InChI=1S/C23H37BF3N7O2.C2H6/c1-6-35-14-33(15-36-7-2)22-19(23(25,26)27)20(18-9-8-10-24(11-18)13-28)31-21(34(22)30)17(4)16(3)12-32(5)29;1-2/h12,18H,6-11,14-15,29-30H2,1-5H3;1-2H3/b16-12+,21-17+;. The van der Waals surface area contributed by atoms with Crippen LogP contribution in [0, 0.1) is 17.1 Å². The fourth-order valence-corrected chi connectivity index (χ4v) is 4.40. The second kappa shape index (κ2) is 15.8. The summed E-state index contributed by atoms with van der Waals surface area (Å²) in [5.41, 5.74) is 0.206. The van der Waals surface area contributed by atoms with Gasteiger partial charge in [0.15, 0.2) is 5.82 Å². The van der Waals surface area contributed by atoms with Gasteiger partial charge in [-0.05, 0) is 51.2 Å². The van der Waals surface area contributed by atoms with E-state index in [1.54, 1.807) is 40.9 Å². The fraction of sp³-hybridized carbons (Fsp3) is 0.680. The summed E-state index contributed by atoms with van der Waals surface area (Å²) in [5.74, 6) is 13.7. The third-order valence-electron chi connectivity index (χ3n) is 6.22. The van der Waals surface area contributed by atoms with Gasteiger partial charge in [0.05, 0.1) is 5.71 Å². The number of hydrogen-bond acceptors (Lipinski definition) is 9. The quantitative estimate of drug-likeness (QED) is 0.178. The average molecular weight is 541 g/mol. The molecule has 1 saturated heterocycles. The summed E-state index contributed by atoms with van der Waals surface area (Å²) in [6, 6.07) is 0. The molecule has 0 aromatic rings. The van der Waals surface area contributed by atoms with Crippen molar-refractivity contribution in [2.75, 3.05) is 33.7 Å². The Balaban J connectivity index is 0.00000352. The highest BCUT2D eigenvalue weighted by atomic mass is 19.4. The van der Waals surface area contributed by atoms with Crippen molar-refractivity contribution in [2.24, 2.45) is 22.6 Å². The summed E-state index contributed by atoms with van der Waals surface area (Å²) in [6.07, 6.45) is -1.02. The SMILES string of the molecule is CC.CCOCN(COCC)C1=C(C(F)(F)F)C(C2CCCB(C#N)C2)=N/C(=C(C)\C(C)=C\N(C)N)N1N. The molecule has 1 atom stereocenters. The normalized spacial score (nSPS) is 19.9. The molecule has 0 bridgehead atoms. The lowest BCUT2D eigenvalue weighted by Crippen LogP contribution is -2.48. The molecule has 1 fully saturated rings. The van der Waals surface area contributed by atoms with Crippen molar-refractivity contribution in [3.05, 3.63) is 34.6 Å². The largest absolute Gasteiger partial charge is 0.421 e. The molecule has 2 aliphatic heterocycles. The highest BCUT2D eigenvalue weighted by molar-refractivity contribution is 6.67. The molecule has 4 N–H and O–H groups in total. The van der Waals surface area contributed by atoms with Gasteiger partial charge in [0, 0.05) is 32.4 Å². The minimum absolute atomic E-state index is 0.111. The van der Waals surface area contributed by atoms with E-state index in [0.717, 1.165) is 5.01 Å². The number of rotatable bonds is 10. The summed E-state index contributed by atoms with van der Waals surface area (Å²) in [7, 11) is 1.64. The minimum Gasteiger partial charge on any atom is -0.361 e. The molecule has 214 valence electrons. The number of alkyl halides is 3. The van der Waals surface area contributed by atoms with E-state index in [4.69, 9.17) is 21.2 Å². The number of hydrogen-bond donors (Lipinski definition) is 2. The van der Waals surface area contributed by atoms with Gasteiger partial charge < -0.3 is 19.4 Å². The zero-order chi connectivity index (χ0) is 29.0. The van der Waals surface area contributed by atoms with E-state index in [1.165, 1.54) is 9.91 Å². The molecule has 0 amide bonds. The van der Waals surface area contributed by atoms with Crippen LogP contribution in [0.4, 0.5) is 13.2 Å². The van der Waals surface area contributed by atoms with Crippen molar-refractivity contribution in [3.8, 4) is 5.97 Å². The maximum absolute atomic E-state index is 14.8. The van der Waals surface area contributed by atoms with E-state index in [-0.39, 0.29) is 37.5 Å². The van der Waals surface area contributed by atoms with E-state index in [9.17, 15) is 18.4 Å². The number of allylic oxidation sites excluding steroid dienone is 3. The van der Waals surface area contributed by atoms with Gasteiger partial charge in [0.25, 0.3) is 6.71 Å². The van der Waals surface area contributed by atoms with Crippen LogP contribution in [0.1, 0.15) is 54.4 Å². The Labute approximate surface area is 225 Å². The molecule has 0 aliphatic carbocycles. The molecule has 38 heavy (non-hydrogen) atoms. The Hall–Kier alpha value is -2.53. The zero-order valence-electron chi connectivity index (χ0n) is 23.7. The first-order valence-corrected chi connectivity index (χ1v) is 13.1. The topological polar surface area (TPSA) is 116 Å². The Kier molecular flexibility index (Phi) is 13.9. The Morgan fingerprint density at radius 3 is 2.29 bits per heavy atom. The summed E-state index contributed by atoms with van der Waals surface area (Å²) < 4.78 is 55.3. The summed E-state index contributed by atoms with van der Waals surface area (Å²) in [4.78, 5) is 5.86. The third kappa shape index (κ3) is 8.76. The van der Waals surface area contributed by atoms with Crippen molar-refractivity contribution in [2.45, 2.75) is 73.2 Å². The number of ether oxygens (including phenoxy) is 2. The molecular weight excluding hydrogens is 498 g/mol. The first kappa shape index (κ1) is 33.5. The van der Waals surface area contributed by atoms with Crippen LogP contribution in [0.15, 0.2) is 39.6 Å².